The van der Waals surface area contributed by atoms with Crippen molar-refractivity contribution in [3.8, 4) is 11.5 Å². The van der Waals surface area contributed by atoms with Crippen molar-refractivity contribution >= 4 is 17.5 Å². The van der Waals surface area contributed by atoms with E-state index < -0.39 is 6.04 Å². The minimum absolute atomic E-state index is 0.0331. The van der Waals surface area contributed by atoms with E-state index in [1.807, 2.05) is 30.3 Å². The maximum absolute atomic E-state index is 12.8. The number of para-hydroxylation sites is 2. The number of benzene rings is 2. The van der Waals surface area contributed by atoms with Gasteiger partial charge >= 0.3 is 0 Å². The molecule has 1 N–H and O–H groups in total. The fourth-order valence-electron chi connectivity index (χ4n) is 2.91. The van der Waals surface area contributed by atoms with Crippen LogP contribution in [0.3, 0.4) is 0 Å². The van der Waals surface area contributed by atoms with Gasteiger partial charge in [-0.3, -0.25) is 9.59 Å². The fourth-order valence-corrected chi connectivity index (χ4v) is 2.91. The molecule has 3 rings (SSSR count). The van der Waals surface area contributed by atoms with Gasteiger partial charge in [0, 0.05) is 6.54 Å². The molecule has 0 radical (unpaired) electrons. The number of anilines is 1. The second kappa shape index (κ2) is 8.55. The van der Waals surface area contributed by atoms with E-state index in [9.17, 15) is 9.59 Å². The van der Waals surface area contributed by atoms with Crippen LogP contribution >= 0.6 is 0 Å². The van der Waals surface area contributed by atoms with Crippen LogP contribution in [0.1, 0.15) is 5.56 Å². The van der Waals surface area contributed by atoms with E-state index in [4.69, 9.17) is 14.2 Å². The third-order valence-electron chi connectivity index (χ3n) is 4.38. The Kier molecular flexibility index (Phi) is 5.93. The van der Waals surface area contributed by atoms with Crippen molar-refractivity contribution in [2.45, 2.75) is 12.6 Å². The lowest BCUT2D eigenvalue weighted by atomic mass is 10.1. The first-order valence-electron chi connectivity index (χ1n) is 8.56. The van der Waals surface area contributed by atoms with Crippen LogP contribution in [0.2, 0.25) is 0 Å². The average Bonchev–Trinajstić information content (AvgIpc) is 2.70. The summed E-state index contributed by atoms with van der Waals surface area (Å²) in [5.41, 5.74) is 1.45. The Bertz CT molecular complexity index is 806. The van der Waals surface area contributed by atoms with E-state index in [1.54, 1.807) is 25.3 Å². The standard InChI is InChI=1S/C20H22N2O5/c1-25-15-9-7-14(8-10-15)11-22-17(12-27-13-19(22)23)20(24)21-16-5-3-4-6-18(16)26-2/h3-10,17H,11-13H2,1-2H3,(H,21,24)/t17-/m0/s1. The van der Waals surface area contributed by atoms with Crippen LogP contribution in [0, 0.1) is 0 Å². The lowest BCUT2D eigenvalue weighted by Crippen LogP contribution is -2.54. The van der Waals surface area contributed by atoms with Crippen LogP contribution in [-0.2, 0) is 20.9 Å². The highest BCUT2D eigenvalue weighted by Crippen LogP contribution is 2.24. The van der Waals surface area contributed by atoms with Crippen LogP contribution < -0.4 is 14.8 Å². The topological polar surface area (TPSA) is 77.1 Å². The van der Waals surface area contributed by atoms with Crippen molar-refractivity contribution in [2.24, 2.45) is 0 Å². The lowest BCUT2D eigenvalue weighted by Gasteiger charge is -2.34. The summed E-state index contributed by atoms with van der Waals surface area (Å²) in [7, 11) is 3.13. The third-order valence-corrected chi connectivity index (χ3v) is 4.38. The highest BCUT2D eigenvalue weighted by molar-refractivity contribution is 5.98. The Hall–Kier alpha value is -3.06. The molecule has 1 aliphatic rings. The molecule has 0 aliphatic carbocycles. The monoisotopic (exact) mass is 370 g/mol. The Labute approximate surface area is 157 Å². The minimum atomic E-state index is -0.724. The van der Waals surface area contributed by atoms with Crippen LogP contribution in [0.15, 0.2) is 48.5 Å². The summed E-state index contributed by atoms with van der Waals surface area (Å²) in [6.07, 6.45) is 0. The molecule has 1 fully saturated rings. The number of methoxy groups -OCH3 is 2. The van der Waals surface area contributed by atoms with Gasteiger partial charge in [0.1, 0.15) is 24.1 Å². The maximum atomic E-state index is 12.8. The van der Waals surface area contributed by atoms with Crippen LogP contribution in [0.5, 0.6) is 11.5 Å². The molecule has 7 heteroatoms. The number of nitrogens with one attached hydrogen (secondary N) is 1. The van der Waals surface area contributed by atoms with Gasteiger partial charge < -0.3 is 24.4 Å². The first kappa shape index (κ1) is 18.7. The summed E-state index contributed by atoms with van der Waals surface area (Å²) in [6, 6.07) is 13.8. The molecule has 1 atom stereocenters. The zero-order valence-corrected chi connectivity index (χ0v) is 15.3. The highest BCUT2D eigenvalue weighted by atomic mass is 16.5. The molecule has 0 saturated carbocycles. The number of rotatable bonds is 6. The molecule has 2 amide bonds. The number of nitrogens with zero attached hydrogens (tertiary/aromatic N) is 1. The summed E-state index contributed by atoms with van der Waals surface area (Å²) < 4.78 is 15.7. The maximum Gasteiger partial charge on any atom is 0.249 e. The molecule has 7 nitrogen and oxygen atoms in total. The summed E-state index contributed by atoms with van der Waals surface area (Å²) in [6.45, 7) is 0.424. The molecule has 1 heterocycles. The first-order chi connectivity index (χ1) is 13.1. The minimum Gasteiger partial charge on any atom is -0.497 e. The van der Waals surface area contributed by atoms with Crippen molar-refractivity contribution < 1.29 is 23.8 Å². The van der Waals surface area contributed by atoms with Gasteiger partial charge in [-0.05, 0) is 29.8 Å². The van der Waals surface area contributed by atoms with E-state index in [-0.39, 0.29) is 25.0 Å². The van der Waals surface area contributed by atoms with Crippen LogP contribution in [0.4, 0.5) is 5.69 Å². The Morgan fingerprint density at radius 3 is 2.59 bits per heavy atom. The molecule has 1 aliphatic heterocycles. The van der Waals surface area contributed by atoms with Gasteiger partial charge in [0.05, 0.1) is 26.5 Å². The Balaban J connectivity index is 1.76. The highest BCUT2D eigenvalue weighted by Gasteiger charge is 2.34. The number of hydrogen-bond donors (Lipinski definition) is 1. The zero-order chi connectivity index (χ0) is 19.2. The van der Waals surface area contributed by atoms with Crippen LogP contribution in [0.25, 0.3) is 0 Å². The summed E-state index contributed by atoms with van der Waals surface area (Å²) in [4.78, 5) is 26.7. The molecule has 1 saturated heterocycles. The molecule has 0 aromatic heterocycles. The van der Waals surface area contributed by atoms with Crippen molar-refractivity contribution in [1.82, 2.24) is 4.90 Å². The number of amides is 2. The quantitative estimate of drug-likeness (QED) is 0.842. The predicted octanol–water partition coefficient (Wildman–Crippen LogP) is 2.07. The molecule has 2 aromatic carbocycles. The number of morpholine rings is 1. The van der Waals surface area contributed by atoms with Gasteiger partial charge in [-0.1, -0.05) is 24.3 Å². The first-order valence-corrected chi connectivity index (χ1v) is 8.56. The summed E-state index contributed by atoms with van der Waals surface area (Å²) in [5.74, 6) is 0.742. The average molecular weight is 370 g/mol. The third kappa shape index (κ3) is 4.38. The second-order valence-corrected chi connectivity index (χ2v) is 6.09. The number of carbonyl (C=O) groups excluding carboxylic acids is 2. The van der Waals surface area contributed by atoms with E-state index in [2.05, 4.69) is 5.32 Å². The van der Waals surface area contributed by atoms with E-state index in [0.717, 1.165) is 11.3 Å². The summed E-state index contributed by atoms with van der Waals surface area (Å²) in [5, 5.41) is 2.83. The molecule has 2 aromatic rings. The molecule has 0 unspecified atom stereocenters. The SMILES string of the molecule is COc1ccc(CN2C(=O)COC[C@H]2C(=O)Nc2ccccc2OC)cc1. The number of ether oxygens (including phenoxy) is 3. The molecule has 0 bridgehead atoms. The smallest absolute Gasteiger partial charge is 0.249 e. The normalized spacial score (nSPS) is 16.7. The van der Waals surface area contributed by atoms with Crippen molar-refractivity contribution in [1.29, 1.82) is 0 Å². The fraction of sp³-hybridized carbons (Fsp3) is 0.300. The van der Waals surface area contributed by atoms with Gasteiger partial charge in [-0.15, -0.1) is 0 Å². The van der Waals surface area contributed by atoms with E-state index in [0.29, 0.717) is 18.0 Å². The molecular formula is C20H22N2O5. The van der Waals surface area contributed by atoms with E-state index >= 15 is 0 Å². The molecular weight excluding hydrogens is 348 g/mol. The predicted molar refractivity (Wildman–Crippen MR) is 99.8 cm³/mol. The molecule has 27 heavy (non-hydrogen) atoms. The van der Waals surface area contributed by atoms with Gasteiger partial charge in [0.25, 0.3) is 0 Å². The van der Waals surface area contributed by atoms with Gasteiger partial charge in [-0.2, -0.15) is 0 Å². The number of hydrogen-bond acceptors (Lipinski definition) is 5. The van der Waals surface area contributed by atoms with Crippen molar-refractivity contribution in [2.75, 3.05) is 32.8 Å². The number of carbonyl (C=O) groups is 2. The van der Waals surface area contributed by atoms with E-state index in [1.165, 1.54) is 12.0 Å². The van der Waals surface area contributed by atoms with Crippen molar-refractivity contribution in [3.63, 3.8) is 0 Å². The molecule has 142 valence electrons. The van der Waals surface area contributed by atoms with Crippen LogP contribution in [-0.4, -0.2) is 50.2 Å². The Morgan fingerprint density at radius 2 is 1.89 bits per heavy atom. The van der Waals surface area contributed by atoms with Gasteiger partial charge in [0.15, 0.2) is 0 Å². The van der Waals surface area contributed by atoms with Gasteiger partial charge in [0.2, 0.25) is 11.8 Å². The zero-order valence-electron chi connectivity index (χ0n) is 15.3. The summed E-state index contributed by atoms with van der Waals surface area (Å²) >= 11 is 0. The largest absolute Gasteiger partial charge is 0.497 e. The van der Waals surface area contributed by atoms with Crippen molar-refractivity contribution in [3.05, 3.63) is 54.1 Å². The van der Waals surface area contributed by atoms with Gasteiger partial charge in [-0.25, -0.2) is 0 Å². The second-order valence-electron chi connectivity index (χ2n) is 6.09. The lowest BCUT2D eigenvalue weighted by molar-refractivity contribution is -0.154. The molecule has 0 spiro atoms. The Morgan fingerprint density at radius 1 is 1.15 bits per heavy atom.